The number of ether oxygens (including phenoxy) is 1. The topological polar surface area (TPSA) is 73.2 Å². The van der Waals surface area contributed by atoms with Crippen LogP contribution in [0.4, 0.5) is 5.69 Å². The maximum atomic E-state index is 12.5. The SMILES string of the molecule is Cc1nc(COc2ccccc2/C=C/C(=O)Nc2ccc(=O)n(Cc3ccccc3Cl)c2)cs1. The van der Waals surface area contributed by atoms with Crippen molar-refractivity contribution < 1.29 is 9.53 Å². The molecule has 6 nitrogen and oxygen atoms in total. The summed E-state index contributed by atoms with van der Waals surface area (Å²) >= 11 is 7.79. The summed E-state index contributed by atoms with van der Waals surface area (Å²) in [5.74, 6) is 0.332. The van der Waals surface area contributed by atoms with Gasteiger partial charge in [-0.3, -0.25) is 9.59 Å². The molecule has 0 unspecified atom stereocenters. The number of aryl methyl sites for hydroxylation is 1. The third-order valence-electron chi connectivity index (χ3n) is 4.92. The van der Waals surface area contributed by atoms with E-state index in [4.69, 9.17) is 16.3 Å². The number of amides is 1. The first kappa shape index (κ1) is 23.5. The van der Waals surface area contributed by atoms with Crippen LogP contribution in [0.2, 0.25) is 5.02 Å². The van der Waals surface area contributed by atoms with Crippen LogP contribution in [-0.4, -0.2) is 15.5 Å². The Labute approximate surface area is 206 Å². The van der Waals surface area contributed by atoms with Gasteiger partial charge in [0.1, 0.15) is 12.4 Å². The van der Waals surface area contributed by atoms with Gasteiger partial charge in [0.15, 0.2) is 0 Å². The molecule has 1 N–H and O–H groups in total. The molecule has 0 saturated carbocycles. The van der Waals surface area contributed by atoms with Crippen LogP contribution < -0.4 is 15.6 Å². The maximum absolute atomic E-state index is 12.5. The lowest BCUT2D eigenvalue weighted by Crippen LogP contribution is -2.20. The lowest BCUT2D eigenvalue weighted by atomic mass is 10.2. The Morgan fingerprint density at radius 1 is 1.15 bits per heavy atom. The Bertz CT molecular complexity index is 1390. The molecule has 0 saturated heterocycles. The van der Waals surface area contributed by atoms with E-state index in [9.17, 15) is 9.59 Å². The number of aromatic nitrogens is 2. The average Bonchev–Trinajstić information content (AvgIpc) is 3.25. The molecule has 0 radical (unpaired) electrons. The molecule has 8 heteroatoms. The second-order valence-electron chi connectivity index (χ2n) is 7.48. The number of pyridine rings is 1. The first-order valence-electron chi connectivity index (χ1n) is 10.5. The quantitative estimate of drug-likeness (QED) is 0.328. The summed E-state index contributed by atoms with van der Waals surface area (Å²) < 4.78 is 7.40. The number of hydrogen-bond donors (Lipinski definition) is 1. The summed E-state index contributed by atoms with van der Waals surface area (Å²) in [5.41, 5.74) is 2.78. The number of anilines is 1. The number of halogens is 1. The molecule has 0 atom stereocenters. The second-order valence-corrected chi connectivity index (χ2v) is 8.95. The number of hydrogen-bond acceptors (Lipinski definition) is 5. The van der Waals surface area contributed by atoms with E-state index in [1.165, 1.54) is 16.7 Å². The Balaban J connectivity index is 1.42. The van der Waals surface area contributed by atoms with Crippen molar-refractivity contribution in [2.75, 3.05) is 5.32 Å². The molecule has 34 heavy (non-hydrogen) atoms. The summed E-state index contributed by atoms with van der Waals surface area (Å²) in [4.78, 5) is 29.2. The average molecular weight is 492 g/mol. The summed E-state index contributed by atoms with van der Waals surface area (Å²) in [5, 5.41) is 6.33. The molecule has 2 aromatic heterocycles. The molecule has 2 heterocycles. The highest BCUT2D eigenvalue weighted by Gasteiger charge is 2.07. The third kappa shape index (κ3) is 6.21. The number of benzene rings is 2. The minimum absolute atomic E-state index is 0.185. The molecular weight excluding hydrogens is 470 g/mol. The number of carbonyl (C=O) groups excluding carboxylic acids is 1. The van der Waals surface area contributed by atoms with Crippen LogP contribution in [0.5, 0.6) is 5.75 Å². The van der Waals surface area contributed by atoms with E-state index in [0.29, 0.717) is 29.6 Å². The molecule has 0 aliphatic carbocycles. The van der Waals surface area contributed by atoms with E-state index < -0.39 is 0 Å². The van der Waals surface area contributed by atoms with Crippen molar-refractivity contribution in [1.82, 2.24) is 9.55 Å². The van der Waals surface area contributed by atoms with Crippen molar-refractivity contribution in [3.63, 3.8) is 0 Å². The molecule has 0 spiro atoms. The highest BCUT2D eigenvalue weighted by Crippen LogP contribution is 2.21. The summed E-state index contributed by atoms with van der Waals surface area (Å²) in [6.45, 7) is 2.61. The minimum Gasteiger partial charge on any atom is -0.487 e. The summed E-state index contributed by atoms with van der Waals surface area (Å²) in [6.07, 6.45) is 4.72. The van der Waals surface area contributed by atoms with Crippen molar-refractivity contribution in [2.45, 2.75) is 20.1 Å². The van der Waals surface area contributed by atoms with Crippen molar-refractivity contribution in [2.24, 2.45) is 0 Å². The Morgan fingerprint density at radius 2 is 1.94 bits per heavy atom. The summed E-state index contributed by atoms with van der Waals surface area (Å²) in [7, 11) is 0. The number of para-hydroxylation sites is 1. The predicted molar refractivity (Wildman–Crippen MR) is 137 cm³/mol. The Morgan fingerprint density at radius 3 is 2.74 bits per heavy atom. The van der Waals surface area contributed by atoms with E-state index in [1.807, 2.05) is 54.8 Å². The normalized spacial score (nSPS) is 11.0. The van der Waals surface area contributed by atoms with Crippen LogP contribution >= 0.6 is 22.9 Å². The molecule has 2 aromatic carbocycles. The van der Waals surface area contributed by atoms with Gasteiger partial charge in [0, 0.05) is 34.3 Å². The number of nitrogens with zero attached hydrogens (tertiary/aromatic N) is 2. The highest BCUT2D eigenvalue weighted by atomic mass is 35.5. The van der Waals surface area contributed by atoms with E-state index in [-0.39, 0.29) is 11.5 Å². The van der Waals surface area contributed by atoms with Gasteiger partial charge >= 0.3 is 0 Å². The minimum atomic E-state index is -0.326. The van der Waals surface area contributed by atoms with Gasteiger partial charge < -0.3 is 14.6 Å². The lowest BCUT2D eigenvalue weighted by Gasteiger charge is -2.10. The lowest BCUT2D eigenvalue weighted by molar-refractivity contribution is -0.111. The van der Waals surface area contributed by atoms with Crippen LogP contribution in [0.3, 0.4) is 0 Å². The third-order valence-corrected chi connectivity index (χ3v) is 6.12. The Hall–Kier alpha value is -3.68. The van der Waals surface area contributed by atoms with Gasteiger partial charge in [0.05, 0.1) is 22.9 Å². The largest absolute Gasteiger partial charge is 0.487 e. The fourth-order valence-electron chi connectivity index (χ4n) is 3.26. The molecule has 0 bridgehead atoms. The number of rotatable bonds is 8. The van der Waals surface area contributed by atoms with Crippen molar-refractivity contribution in [1.29, 1.82) is 0 Å². The van der Waals surface area contributed by atoms with E-state index in [0.717, 1.165) is 21.8 Å². The van der Waals surface area contributed by atoms with Crippen LogP contribution in [0.1, 0.15) is 21.8 Å². The van der Waals surface area contributed by atoms with E-state index in [2.05, 4.69) is 10.3 Å². The van der Waals surface area contributed by atoms with E-state index >= 15 is 0 Å². The molecule has 0 aliphatic heterocycles. The van der Waals surface area contributed by atoms with Gasteiger partial charge in [0.2, 0.25) is 5.91 Å². The Kier molecular flexibility index (Phi) is 7.57. The molecule has 0 fully saturated rings. The number of nitrogens with one attached hydrogen (secondary N) is 1. The zero-order chi connectivity index (χ0) is 23.9. The van der Waals surface area contributed by atoms with Gasteiger partial charge in [-0.1, -0.05) is 48.0 Å². The molecule has 4 rings (SSSR count). The van der Waals surface area contributed by atoms with Gasteiger partial charge in [-0.15, -0.1) is 11.3 Å². The van der Waals surface area contributed by atoms with Gasteiger partial charge in [-0.05, 0) is 36.8 Å². The first-order valence-corrected chi connectivity index (χ1v) is 11.8. The van der Waals surface area contributed by atoms with Crippen molar-refractivity contribution in [3.8, 4) is 5.75 Å². The van der Waals surface area contributed by atoms with E-state index in [1.54, 1.807) is 35.7 Å². The van der Waals surface area contributed by atoms with Crippen LogP contribution in [0, 0.1) is 6.92 Å². The van der Waals surface area contributed by atoms with Crippen LogP contribution in [0.25, 0.3) is 6.08 Å². The molecular formula is C26H22ClN3O3S. The highest BCUT2D eigenvalue weighted by molar-refractivity contribution is 7.09. The fourth-order valence-corrected chi connectivity index (χ4v) is 4.06. The zero-order valence-electron chi connectivity index (χ0n) is 18.4. The van der Waals surface area contributed by atoms with Crippen LogP contribution in [0.15, 0.2) is 83.1 Å². The predicted octanol–water partition coefficient (Wildman–Crippen LogP) is 5.55. The number of carbonyl (C=O) groups is 1. The molecule has 4 aromatic rings. The van der Waals surface area contributed by atoms with Crippen molar-refractivity contribution >= 4 is 40.6 Å². The molecule has 0 aliphatic rings. The molecule has 1 amide bonds. The monoisotopic (exact) mass is 491 g/mol. The van der Waals surface area contributed by atoms with Gasteiger partial charge in [-0.25, -0.2) is 4.98 Å². The number of thiazole rings is 1. The van der Waals surface area contributed by atoms with Crippen LogP contribution in [-0.2, 0) is 17.9 Å². The zero-order valence-corrected chi connectivity index (χ0v) is 20.0. The van der Waals surface area contributed by atoms with Gasteiger partial charge in [0.25, 0.3) is 5.56 Å². The molecule has 172 valence electrons. The maximum Gasteiger partial charge on any atom is 0.250 e. The fraction of sp³-hybridized carbons (Fsp3) is 0.115. The van der Waals surface area contributed by atoms with Crippen molar-refractivity contribution in [3.05, 3.63) is 116 Å². The summed E-state index contributed by atoms with van der Waals surface area (Å²) in [6, 6.07) is 17.8. The smallest absolute Gasteiger partial charge is 0.250 e. The second kappa shape index (κ2) is 11.0. The standard InChI is InChI=1S/C26H22ClN3O3S/c1-18-28-22(17-34-18)16-33-24-9-5-3-6-19(24)10-12-25(31)29-21-11-13-26(32)30(15-21)14-20-7-2-4-8-23(20)27/h2-13,15,17H,14,16H2,1H3,(H,29,31)/b12-10+. The van der Waals surface area contributed by atoms with Gasteiger partial charge in [-0.2, -0.15) is 0 Å². The first-order chi connectivity index (χ1) is 16.5.